The van der Waals surface area contributed by atoms with Gasteiger partial charge in [0.15, 0.2) is 6.10 Å². The van der Waals surface area contributed by atoms with E-state index in [0.29, 0.717) is 19.3 Å². The summed E-state index contributed by atoms with van der Waals surface area (Å²) in [4.78, 5) is 38.2. The van der Waals surface area contributed by atoms with Crippen molar-refractivity contribution in [2.45, 2.75) is 393 Å². The van der Waals surface area contributed by atoms with Gasteiger partial charge in [0.1, 0.15) is 13.2 Å². The van der Waals surface area contributed by atoms with Crippen molar-refractivity contribution in [1.82, 2.24) is 0 Å². The van der Waals surface area contributed by atoms with Crippen LogP contribution in [0.1, 0.15) is 387 Å². The van der Waals surface area contributed by atoms with E-state index in [1.54, 1.807) is 0 Å². The second-order valence-electron chi connectivity index (χ2n) is 23.8. The maximum atomic E-state index is 12.9. The Morgan fingerprint density at radius 2 is 0.462 bits per heavy atom. The highest BCUT2D eigenvalue weighted by Crippen LogP contribution is 2.18. The quantitative estimate of drug-likeness (QED) is 0.0261. The summed E-state index contributed by atoms with van der Waals surface area (Å²) in [6.07, 6.45) is 83.5. The minimum atomic E-state index is -0.770. The van der Waals surface area contributed by atoms with E-state index in [-0.39, 0.29) is 31.1 Å². The van der Waals surface area contributed by atoms with Crippen LogP contribution in [0.3, 0.4) is 0 Å². The predicted octanol–water partition coefficient (Wildman–Crippen LogP) is 23.9. The Balaban J connectivity index is 4.00. The van der Waals surface area contributed by atoms with Gasteiger partial charge in [-0.3, -0.25) is 14.4 Å². The fourth-order valence-corrected chi connectivity index (χ4v) is 10.6. The van der Waals surface area contributed by atoms with Crippen molar-refractivity contribution < 1.29 is 28.6 Å². The third-order valence-electron chi connectivity index (χ3n) is 15.9. The number of ether oxygens (including phenoxy) is 3. The molecule has 0 saturated carbocycles. The predicted molar refractivity (Wildman–Crippen MR) is 339 cm³/mol. The molecule has 6 heteroatoms. The van der Waals surface area contributed by atoms with Crippen LogP contribution in [0.4, 0.5) is 0 Å². The van der Waals surface area contributed by atoms with Gasteiger partial charge in [-0.05, 0) is 77.0 Å². The van der Waals surface area contributed by atoms with Crippen LogP contribution in [0.15, 0.2) is 36.5 Å². The van der Waals surface area contributed by atoms with Crippen molar-refractivity contribution in [2.24, 2.45) is 0 Å². The van der Waals surface area contributed by atoms with Crippen molar-refractivity contribution in [1.29, 1.82) is 0 Å². The molecule has 0 fully saturated rings. The second-order valence-corrected chi connectivity index (χ2v) is 23.8. The fourth-order valence-electron chi connectivity index (χ4n) is 10.6. The van der Waals surface area contributed by atoms with E-state index in [0.717, 1.165) is 64.2 Å². The number of esters is 3. The number of allylic oxidation sites excluding steroid dienone is 6. The topological polar surface area (TPSA) is 78.9 Å². The fraction of sp³-hybridized carbons (Fsp3) is 0.875. The third-order valence-corrected chi connectivity index (χ3v) is 15.9. The van der Waals surface area contributed by atoms with Crippen LogP contribution < -0.4 is 0 Å². The van der Waals surface area contributed by atoms with Crippen LogP contribution in [0.5, 0.6) is 0 Å². The van der Waals surface area contributed by atoms with Crippen LogP contribution in [0, 0.1) is 0 Å². The molecule has 0 N–H and O–H groups in total. The Kier molecular flexibility index (Phi) is 65.1. The van der Waals surface area contributed by atoms with Gasteiger partial charge in [-0.15, -0.1) is 0 Å². The lowest BCUT2D eigenvalue weighted by Gasteiger charge is -2.18. The van der Waals surface area contributed by atoms with Crippen LogP contribution in [-0.2, 0) is 28.6 Å². The van der Waals surface area contributed by atoms with Gasteiger partial charge in [0, 0.05) is 19.3 Å². The maximum absolute atomic E-state index is 12.9. The SMILES string of the molecule is CCCCC/C=C\C/C=C\CCCCCCCCCCCC(=O)OC(COC(=O)CCCCCCCCCC)COC(=O)CCCCCCCCCCCCCCCCCCCCCCC/C=C\CCCCCCCCCC. The molecule has 0 aliphatic rings. The third kappa shape index (κ3) is 64.5. The van der Waals surface area contributed by atoms with Gasteiger partial charge in [-0.25, -0.2) is 0 Å². The summed E-state index contributed by atoms with van der Waals surface area (Å²) in [5, 5.41) is 0. The lowest BCUT2D eigenvalue weighted by atomic mass is 10.0. The number of hydrogen-bond donors (Lipinski definition) is 0. The Hall–Kier alpha value is -2.37. The van der Waals surface area contributed by atoms with E-state index in [4.69, 9.17) is 14.2 Å². The van der Waals surface area contributed by atoms with Crippen LogP contribution in [0.25, 0.3) is 0 Å². The molecule has 0 amide bonds. The Morgan fingerprint density at radius 1 is 0.256 bits per heavy atom. The summed E-state index contributed by atoms with van der Waals surface area (Å²) in [6, 6.07) is 0. The molecular formula is C72H134O6. The number of hydrogen-bond acceptors (Lipinski definition) is 6. The molecule has 0 heterocycles. The lowest BCUT2D eigenvalue weighted by molar-refractivity contribution is -0.167. The molecule has 0 saturated heterocycles. The molecule has 0 aliphatic heterocycles. The van der Waals surface area contributed by atoms with E-state index in [1.165, 1.54) is 283 Å². The van der Waals surface area contributed by atoms with Crippen LogP contribution >= 0.6 is 0 Å². The zero-order valence-corrected chi connectivity index (χ0v) is 52.7. The molecule has 0 radical (unpaired) electrons. The number of carbonyl (C=O) groups excluding carboxylic acids is 3. The monoisotopic (exact) mass is 1100 g/mol. The molecule has 458 valence electrons. The largest absolute Gasteiger partial charge is 0.462 e. The van der Waals surface area contributed by atoms with E-state index < -0.39 is 6.10 Å². The molecule has 1 atom stereocenters. The average molecular weight is 1100 g/mol. The van der Waals surface area contributed by atoms with Gasteiger partial charge in [-0.1, -0.05) is 327 Å². The van der Waals surface area contributed by atoms with Crippen molar-refractivity contribution in [3.8, 4) is 0 Å². The molecule has 78 heavy (non-hydrogen) atoms. The maximum Gasteiger partial charge on any atom is 0.306 e. The highest BCUT2D eigenvalue weighted by molar-refractivity contribution is 5.71. The summed E-state index contributed by atoms with van der Waals surface area (Å²) in [5.41, 5.74) is 0. The van der Waals surface area contributed by atoms with Crippen molar-refractivity contribution >= 4 is 17.9 Å². The molecule has 1 unspecified atom stereocenters. The Labute approximate surface area is 486 Å². The zero-order chi connectivity index (χ0) is 56.4. The first-order valence-corrected chi connectivity index (χ1v) is 35.0. The van der Waals surface area contributed by atoms with E-state index in [9.17, 15) is 14.4 Å². The van der Waals surface area contributed by atoms with Gasteiger partial charge in [-0.2, -0.15) is 0 Å². The average Bonchev–Trinajstić information content (AvgIpc) is 3.44. The molecule has 0 bridgehead atoms. The molecule has 0 aromatic rings. The van der Waals surface area contributed by atoms with Gasteiger partial charge in [0.25, 0.3) is 0 Å². The minimum Gasteiger partial charge on any atom is -0.462 e. The zero-order valence-electron chi connectivity index (χ0n) is 52.7. The minimum absolute atomic E-state index is 0.0687. The first kappa shape index (κ1) is 75.6. The van der Waals surface area contributed by atoms with E-state index in [2.05, 4.69) is 57.2 Å². The van der Waals surface area contributed by atoms with Crippen LogP contribution in [-0.4, -0.2) is 37.2 Å². The highest BCUT2D eigenvalue weighted by Gasteiger charge is 2.19. The van der Waals surface area contributed by atoms with E-state index >= 15 is 0 Å². The second kappa shape index (κ2) is 67.1. The summed E-state index contributed by atoms with van der Waals surface area (Å²) >= 11 is 0. The number of unbranched alkanes of at least 4 members (excludes halogenated alkanes) is 48. The standard InChI is InChI=1S/C72H134O6/c1-4-7-10-13-16-19-21-23-25-27-29-30-31-32-33-34-35-36-37-38-39-40-41-42-44-45-47-49-51-53-56-59-62-65-71(74)77-68-69(67-76-70(73)64-61-58-55-18-15-12-9-6-3)78-72(75)66-63-60-57-54-52-50-48-46-43-28-26-24-22-20-17-14-11-8-5-2/h17,20,24,26-27,29,69H,4-16,18-19,21-23,25,28,30-68H2,1-3H3/b20-17-,26-24-,29-27-. The molecule has 6 nitrogen and oxygen atoms in total. The molecule has 0 rings (SSSR count). The lowest BCUT2D eigenvalue weighted by Crippen LogP contribution is -2.30. The van der Waals surface area contributed by atoms with Gasteiger partial charge in [0.2, 0.25) is 0 Å². The summed E-state index contributed by atoms with van der Waals surface area (Å²) < 4.78 is 16.9. The summed E-state index contributed by atoms with van der Waals surface area (Å²) in [6.45, 7) is 6.64. The summed E-state index contributed by atoms with van der Waals surface area (Å²) in [7, 11) is 0. The first-order chi connectivity index (χ1) is 38.5. The normalized spacial score (nSPS) is 12.2. The van der Waals surface area contributed by atoms with Gasteiger partial charge >= 0.3 is 17.9 Å². The molecule has 0 spiro atoms. The highest BCUT2D eigenvalue weighted by atomic mass is 16.6. The number of rotatable bonds is 65. The molecule has 0 aliphatic carbocycles. The van der Waals surface area contributed by atoms with Crippen molar-refractivity contribution in [3.05, 3.63) is 36.5 Å². The number of carbonyl (C=O) groups is 3. The van der Waals surface area contributed by atoms with Crippen molar-refractivity contribution in [2.75, 3.05) is 13.2 Å². The smallest absolute Gasteiger partial charge is 0.306 e. The van der Waals surface area contributed by atoms with Crippen molar-refractivity contribution in [3.63, 3.8) is 0 Å². The molecule has 0 aromatic carbocycles. The first-order valence-electron chi connectivity index (χ1n) is 35.0. The van der Waals surface area contributed by atoms with Crippen LogP contribution in [0.2, 0.25) is 0 Å². The molecular weight excluding hydrogens is 961 g/mol. The Bertz CT molecular complexity index is 1300. The molecule has 0 aromatic heterocycles. The Morgan fingerprint density at radius 3 is 0.744 bits per heavy atom. The van der Waals surface area contributed by atoms with Gasteiger partial charge < -0.3 is 14.2 Å². The van der Waals surface area contributed by atoms with Gasteiger partial charge in [0.05, 0.1) is 0 Å². The summed E-state index contributed by atoms with van der Waals surface area (Å²) in [5.74, 6) is -0.853. The van der Waals surface area contributed by atoms with E-state index in [1.807, 2.05) is 0 Å².